The highest BCUT2D eigenvalue weighted by atomic mass is 32.2. The van der Waals surface area contributed by atoms with Gasteiger partial charge in [-0.3, -0.25) is 4.57 Å². The minimum Gasteiger partial charge on any atom is -0.326 e. The monoisotopic (exact) mass is 198 g/mol. The molecule has 0 aromatic carbocycles. The van der Waals surface area contributed by atoms with Gasteiger partial charge in [0.1, 0.15) is 6.54 Å². The summed E-state index contributed by atoms with van der Waals surface area (Å²) in [6.07, 6.45) is 0. The molecule has 0 saturated heterocycles. The largest absolute Gasteiger partial charge is 0.326 e. The first-order valence-corrected chi connectivity index (χ1v) is 4.69. The normalized spacial score (nSPS) is 14.4. The molecule has 1 aliphatic rings. The van der Waals surface area contributed by atoms with Crippen LogP contribution in [0.2, 0.25) is 0 Å². The van der Waals surface area contributed by atoms with Gasteiger partial charge in [-0.25, -0.2) is 0 Å². The molecule has 1 aromatic heterocycles. The number of nitriles is 1. The summed E-state index contributed by atoms with van der Waals surface area (Å²) >= 11 is 6.37. The number of anilines is 1. The molecule has 0 saturated carbocycles. The first kappa shape index (κ1) is 7.71. The zero-order valence-corrected chi connectivity index (χ0v) is 7.86. The molecule has 6 heteroatoms. The zero-order valence-electron chi connectivity index (χ0n) is 6.23. The van der Waals surface area contributed by atoms with Gasteiger partial charge in [0.25, 0.3) is 0 Å². The maximum Gasteiger partial charge on any atom is 0.219 e. The predicted molar refractivity (Wildman–Crippen MR) is 48.8 cm³/mol. The van der Waals surface area contributed by atoms with E-state index in [0.717, 1.165) is 23.0 Å². The number of aromatic nitrogens is 2. The van der Waals surface area contributed by atoms with Gasteiger partial charge in [0.05, 0.1) is 6.07 Å². The standard InChI is InChI=1S/C6H6N4S2/c7-1-2-9-3-4-10-5(9)8-12-6(10)11/h2-4H2. The van der Waals surface area contributed by atoms with Crippen LogP contribution in [-0.4, -0.2) is 22.0 Å². The number of hydrogen-bond acceptors (Lipinski definition) is 5. The second kappa shape index (κ2) is 2.84. The summed E-state index contributed by atoms with van der Waals surface area (Å²) in [6.45, 7) is 2.12. The van der Waals surface area contributed by atoms with Crippen LogP contribution in [0.1, 0.15) is 0 Å². The first-order chi connectivity index (χ1) is 5.83. The summed E-state index contributed by atoms with van der Waals surface area (Å²) in [5.41, 5.74) is 0. The van der Waals surface area contributed by atoms with Crippen molar-refractivity contribution in [3.63, 3.8) is 0 Å². The Morgan fingerprint density at radius 3 is 3.25 bits per heavy atom. The molecule has 2 rings (SSSR count). The van der Waals surface area contributed by atoms with Crippen molar-refractivity contribution in [3.05, 3.63) is 3.95 Å². The van der Waals surface area contributed by atoms with Gasteiger partial charge in [0.15, 0.2) is 3.95 Å². The predicted octanol–water partition coefficient (Wildman–Crippen LogP) is 1.02. The van der Waals surface area contributed by atoms with E-state index in [-0.39, 0.29) is 0 Å². The molecular weight excluding hydrogens is 192 g/mol. The Morgan fingerprint density at radius 1 is 1.67 bits per heavy atom. The molecule has 1 aromatic rings. The fraction of sp³-hybridized carbons (Fsp3) is 0.500. The van der Waals surface area contributed by atoms with Crippen LogP contribution in [0, 0.1) is 15.3 Å². The van der Waals surface area contributed by atoms with Crippen LogP contribution in [-0.2, 0) is 6.54 Å². The third-order valence-electron chi connectivity index (χ3n) is 1.81. The number of hydrogen-bond donors (Lipinski definition) is 0. The van der Waals surface area contributed by atoms with Crippen LogP contribution in [0.5, 0.6) is 0 Å². The van der Waals surface area contributed by atoms with Gasteiger partial charge in [0, 0.05) is 13.1 Å². The maximum atomic E-state index is 8.51. The molecule has 2 heterocycles. The number of rotatable bonds is 1. The van der Waals surface area contributed by atoms with Crippen LogP contribution < -0.4 is 4.90 Å². The summed E-state index contributed by atoms with van der Waals surface area (Å²) in [7, 11) is 0. The van der Waals surface area contributed by atoms with Crippen LogP contribution in [0.3, 0.4) is 0 Å². The van der Waals surface area contributed by atoms with Crippen molar-refractivity contribution >= 4 is 29.7 Å². The van der Waals surface area contributed by atoms with E-state index in [9.17, 15) is 0 Å². The lowest BCUT2D eigenvalue weighted by Gasteiger charge is -2.08. The third-order valence-corrected chi connectivity index (χ3v) is 2.88. The summed E-state index contributed by atoms with van der Waals surface area (Å²) in [6, 6.07) is 2.10. The molecule has 0 N–H and O–H groups in total. The van der Waals surface area contributed by atoms with Gasteiger partial charge in [-0.1, -0.05) is 0 Å². The van der Waals surface area contributed by atoms with Crippen molar-refractivity contribution in [2.24, 2.45) is 0 Å². The maximum absolute atomic E-state index is 8.51. The second-order valence-electron chi connectivity index (χ2n) is 2.48. The molecule has 0 atom stereocenters. The Hall–Kier alpha value is -0.930. The molecule has 0 aliphatic carbocycles. The van der Waals surface area contributed by atoms with Crippen molar-refractivity contribution in [3.8, 4) is 6.07 Å². The Labute approximate surface area is 78.8 Å². The molecular formula is C6H6N4S2. The quantitative estimate of drug-likeness (QED) is 0.499. The smallest absolute Gasteiger partial charge is 0.219 e. The topological polar surface area (TPSA) is 44.9 Å². The van der Waals surface area contributed by atoms with Crippen LogP contribution >= 0.6 is 23.8 Å². The molecule has 12 heavy (non-hydrogen) atoms. The van der Waals surface area contributed by atoms with Gasteiger partial charge in [-0.05, 0) is 23.8 Å². The number of nitrogens with zero attached hydrogens (tertiary/aromatic N) is 4. The van der Waals surface area contributed by atoms with Gasteiger partial charge in [-0.15, -0.1) is 0 Å². The molecule has 62 valence electrons. The fourth-order valence-corrected chi connectivity index (χ4v) is 2.17. The van der Waals surface area contributed by atoms with E-state index in [0.29, 0.717) is 6.54 Å². The fourth-order valence-electron chi connectivity index (χ4n) is 1.24. The van der Waals surface area contributed by atoms with E-state index < -0.39 is 0 Å². The highest BCUT2D eigenvalue weighted by molar-refractivity contribution is 7.73. The highest BCUT2D eigenvalue weighted by Crippen LogP contribution is 2.21. The van der Waals surface area contributed by atoms with Crippen molar-refractivity contribution in [2.45, 2.75) is 6.54 Å². The Morgan fingerprint density at radius 2 is 2.50 bits per heavy atom. The van der Waals surface area contributed by atoms with E-state index in [2.05, 4.69) is 10.4 Å². The first-order valence-electron chi connectivity index (χ1n) is 3.51. The van der Waals surface area contributed by atoms with Crippen molar-refractivity contribution in [1.82, 2.24) is 8.94 Å². The van der Waals surface area contributed by atoms with E-state index >= 15 is 0 Å². The molecule has 1 aliphatic heterocycles. The Bertz CT molecular complexity index is 385. The molecule has 0 unspecified atom stereocenters. The average molecular weight is 198 g/mol. The average Bonchev–Trinajstić information content (AvgIpc) is 2.58. The lowest BCUT2D eigenvalue weighted by Crippen LogP contribution is -2.20. The lowest BCUT2D eigenvalue weighted by molar-refractivity contribution is 0.786. The van der Waals surface area contributed by atoms with Crippen molar-refractivity contribution in [1.29, 1.82) is 5.26 Å². The summed E-state index contributed by atoms with van der Waals surface area (Å²) < 4.78 is 6.94. The third kappa shape index (κ3) is 1.02. The van der Waals surface area contributed by atoms with E-state index in [1.165, 1.54) is 11.5 Å². The highest BCUT2D eigenvalue weighted by Gasteiger charge is 2.20. The van der Waals surface area contributed by atoms with E-state index in [1.807, 2.05) is 9.47 Å². The molecule has 0 amide bonds. The lowest BCUT2D eigenvalue weighted by atomic mass is 10.5. The summed E-state index contributed by atoms with van der Waals surface area (Å²) in [5, 5.41) is 8.51. The zero-order chi connectivity index (χ0) is 8.55. The van der Waals surface area contributed by atoms with Gasteiger partial charge in [0.2, 0.25) is 5.95 Å². The molecule has 0 fully saturated rings. The SMILES string of the molecule is N#CCN1CCn2c1nsc2=S. The second-order valence-corrected chi connectivity index (χ2v) is 3.88. The number of fused-ring (bicyclic) bond motifs is 1. The van der Waals surface area contributed by atoms with Crippen LogP contribution in [0.4, 0.5) is 5.95 Å². The molecule has 4 nitrogen and oxygen atoms in total. The van der Waals surface area contributed by atoms with Crippen LogP contribution in [0.25, 0.3) is 0 Å². The van der Waals surface area contributed by atoms with E-state index in [4.69, 9.17) is 17.5 Å². The molecule has 0 spiro atoms. The minimum atomic E-state index is 0.401. The summed E-state index contributed by atoms with van der Waals surface area (Å²) in [5.74, 6) is 0.853. The molecule has 0 bridgehead atoms. The van der Waals surface area contributed by atoms with Gasteiger partial charge >= 0.3 is 0 Å². The minimum absolute atomic E-state index is 0.401. The van der Waals surface area contributed by atoms with Crippen LogP contribution in [0.15, 0.2) is 0 Å². The van der Waals surface area contributed by atoms with E-state index in [1.54, 1.807) is 0 Å². The van der Waals surface area contributed by atoms with Crippen molar-refractivity contribution < 1.29 is 0 Å². The van der Waals surface area contributed by atoms with Gasteiger partial charge in [-0.2, -0.15) is 9.64 Å². The van der Waals surface area contributed by atoms with Crippen molar-refractivity contribution in [2.75, 3.05) is 18.0 Å². The summed E-state index contributed by atoms with van der Waals surface area (Å²) in [4.78, 5) is 1.94. The van der Waals surface area contributed by atoms with Gasteiger partial charge < -0.3 is 4.90 Å². The Balaban J connectivity index is 2.38. The molecule has 0 radical (unpaired) electrons. The Kier molecular flexibility index (Phi) is 1.83.